The fourth-order valence-corrected chi connectivity index (χ4v) is 0.636. The van der Waals surface area contributed by atoms with E-state index < -0.39 is 0 Å². The normalized spacial score (nSPS) is 9.29. The summed E-state index contributed by atoms with van der Waals surface area (Å²) in [6.45, 7) is 0. The number of hydrogen-bond donors (Lipinski definition) is 0. The van der Waals surface area contributed by atoms with E-state index in [-0.39, 0.29) is 0 Å². The number of thioether (sulfide) groups is 1. The summed E-state index contributed by atoms with van der Waals surface area (Å²) in [4.78, 5) is 1.13. The highest BCUT2D eigenvalue weighted by atomic mass is 32.2. The van der Waals surface area contributed by atoms with Crippen molar-refractivity contribution in [1.82, 2.24) is 0 Å². The topological polar surface area (TPSA) is 13.1 Å². The number of hydrogen-bond acceptors (Lipinski definition) is 2. The maximum Gasteiger partial charge on any atom is 0.170 e. The van der Waals surface area contributed by atoms with Gasteiger partial charge in [0, 0.05) is 11.0 Å². The average molecular weight is 113 g/mol. The van der Waals surface area contributed by atoms with Gasteiger partial charge >= 0.3 is 0 Å². The third kappa shape index (κ3) is 0.996. The molecule has 0 aliphatic carbocycles. The Morgan fingerprint density at radius 1 is 1.86 bits per heavy atom. The molecule has 0 atom stereocenters. The fraction of sp³-hybridized carbons (Fsp3) is 0.200. The lowest BCUT2D eigenvalue weighted by atomic mass is 10.7. The van der Waals surface area contributed by atoms with Crippen molar-refractivity contribution < 1.29 is 4.42 Å². The molecule has 0 aliphatic heterocycles. The Kier molecular flexibility index (Phi) is 1.42. The van der Waals surface area contributed by atoms with Gasteiger partial charge < -0.3 is 4.42 Å². The minimum Gasteiger partial charge on any atom is -0.460 e. The Bertz CT molecular complexity index is 123. The van der Waals surface area contributed by atoms with Gasteiger partial charge in [0.2, 0.25) is 0 Å². The van der Waals surface area contributed by atoms with Crippen LogP contribution < -0.4 is 0 Å². The molecule has 1 radical (unpaired) electrons. The maximum absolute atomic E-state index is 4.66. The highest BCUT2D eigenvalue weighted by molar-refractivity contribution is 7.98. The zero-order valence-electron chi connectivity index (χ0n) is 3.97. The highest BCUT2D eigenvalue weighted by Crippen LogP contribution is 2.12. The standard InChI is InChI=1S/C5H5OS/c1-7-5-2-3-6-4-5/h2,4H,1H3. The molecule has 1 aromatic heterocycles. The second-order valence-electron chi connectivity index (χ2n) is 1.10. The van der Waals surface area contributed by atoms with Crippen LogP contribution in [0.25, 0.3) is 0 Å². The van der Waals surface area contributed by atoms with Gasteiger partial charge in [-0.2, -0.15) is 0 Å². The molecule has 2 heteroatoms. The minimum atomic E-state index is 1.13. The number of furan rings is 1. The van der Waals surface area contributed by atoms with Gasteiger partial charge in [0.25, 0.3) is 0 Å². The third-order valence-electron chi connectivity index (χ3n) is 0.680. The van der Waals surface area contributed by atoms with E-state index in [1.165, 1.54) is 0 Å². The average Bonchev–Trinajstić information content (AvgIpc) is 2.14. The van der Waals surface area contributed by atoms with E-state index in [0.29, 0.717) is 0 Å². The lowest BCUT2D eigenvalue weighted by Crippen LogP contribution is -1.50. The molecule has 1 aromatic rings. The molecule has 1 rings (SSSR count). The van der Waals surface area contributed by atoms with Crippen LogP contribution in [-0.4, -0.2) is 6.26 Å². The van der Waals surface area contributed by atoms with Crippen LogP contribution in [0.2, 0.25) is 0 Å². The summed E-state index contributed by atoms with van der Waals surface area (Å²) in [7, 11) is 0. The molecule has 37 valence electrons. The largest absolute Gasteiger partial charge is 0.460 e. The van der Waals surface area contributed by atoms with Crippen molar-refractivity contribution in [3.8, 4) is 0 Å². The van der Waals surface area contributed by atoms with Crippen molar-refractivity contribution in [2.45, 2.75) is 4.90 Å². The van der Waals surface area contributed by atoms with Crippen LogP contribution in [0, 0.1) is 6.26 Å². The Hall–Kier alpha value is -0.370. The summed E-state index contributed by atoms with van der Waals surface area (Å²) in [6.07, 6.45) is 6.25. The molecule has 0 bridgehead atoms. The lowest BCUT2D eigenvalue weighted by molar-refractivity contribution is 0.553. The molecule has 1 nitrogen and oxygen atoms in total. The van der Waals surface area contributed by atoms with E-state index in [4.69, 9.17) is 0 Å². The fourth-order valence-electron chi connectivity index (χ4n) is 0.325. The first-order valence-electron chi connectivity index (χ1n) is 1.92. The molecular formula is C5H5OS. The van der Waals surface area contributed by atoms with Crippen molar-refractivity contribution >= 4 is 11.8 Å². The van der Waals surface area contributed by atoms with Crippen LogP contribution in [0.4, 0.5) is 0 Å². The molecule has 0 amide bonds. The zero-order valence-corrected chi connectivity index (χ0v) is 4.79. The molecule has 0 saturated heterocycles. The Balaban J connectivity index is 2.76. The summed E-state index contributed by atoms with van der Waals surface area (Å²) in [5.74, 6) is 0. The molecule has 0 fully saturated rings. The van der Waals surface area contributed by atoms with E-state index in [2.05, 4.69) is 10.7 Å². The molecule has 0 aliphatic rings. The van der Waals surface area contributed by atoms with Crippen molar-refractivity contribution in [2.24, 2.45) is 0 Å². The lowest BCUT2D eigenvalue weighted by Gasteiger charge is -1.76. The van der Waals surface area contributed by atoms with Gasteiger partial charge in [-0.05, 0) is 6.26 Å². The van der Waals surface area contributed by atoms with Crippen LogP contribution in [-0.2, 0) is 0 Å². The summed E-state index contributed by atoms with van der Waals surface area (Å²) in [6, 6.07) is 1.81. The predicted molar refractivity (Wildman–Crippen MR) is 29.3 cm³/mol. The monoisotopic (exact) mass is 113 g/mol. The van der Waals surface area contributed by atoms with E-state index >= 15 is 0 Å². The van der Waals surface area contributed by atoms with E-state index in [0.717, 1.165) is 4.90 Å². The Morgan fingerprint density at radius 2 is 2.71 bits per heavy atom. The molecule has 0 saturated carbocycles. The van der Waals surface area contributed by atoms with E-state index in [1.807, 2.05) is 12.3 Å². The molecule has 0 aromatic carbocycles. The first kappa shape index (κ1) is 4.78. The predicted octanol–water partition coefficient (Wildman–Crippen LogP) is 1.80. The second-order valence-corrected chi connectivity index (χ2v) is 1.98. The van der Waals surface area contributed by atoms with Gasteiger partial charge in [0.05, 0.1) is 0 Å². The first-order valence-corrected chi connectivity index (χ1v) is 3.14. The maximum atomic E-state index is 4.66. The highest BCUT2D eigenvalue weighted by Gasteiger charge is 1.85. The van der Waals surface area contributed by atoms with E-state index in [1.54, 1.807) is 18.0 Å². The van der Waals surface area contributed by atoms with Gasteiger partial charge in [0.15, 0.2) is 6.26 Å². The van der Waals surface area contributed by atoms with Crippen LogP contribution in [0.5, 0.6) is 0 Å². The van der Waals surface area contributed by atoms with Crippen LogP contribution >= 0.6 is 11.8 Å². The van der Waals surface area contributed by atoms with Gasteiger partial charge in [0.1, 0.15) is 6.26 Å². The van der Waals surface area contributed by atoms with Gasteiger partial charge in [-0.25, -0.2) is 0 Å². The van der Waals surface area contributed by atoms with Crippen LogP contribution in [0.15, 0.2) is 21.6 Å². The summed E-state index contributed by atoms with van der Waals surface area (Å²) in [5, 5.41) is 0. The van der Waals surface area contributed by atoms with E-state index in [9.17, 15) is 0 Å². The SMILES string of the molecule is CSc1c[c]oc1. The molecular weight excluding hydrogens is 108 g/mol. The Labute approximate surface area is 46.7 Å². The Morgan fingerprint density at radius 3 is 3.00 bits per heavy atom. The quantitative estimate of drug-likeness (QED) is 0.515. The molecule has 0 N–H and O–H groups in total. The molecule has 0 spiro atoms. The first-order chi connectivity index (χ1) is 3.43. The molecule has 0 unspecified atom stereocenters. The third-order valence-corrected chi connectivity index (χ3v) is 1.37. The smallest absolute Gasteiger partial charge is 0.170 e. The zero-order chi connectivity index (χ0) is 5.11. The van der Waals surface area contributed by atoms with Crippen molar-refractivity contribution in [1.29, 1.82) is 0 Å². The minimum absolute atomic E-state index is 1.13. The van der Waals surface area contributed by atoms with Crippen LogP contribution in [0.1, 0.15) is 0 Å². The molecule has 1 heterocycles. The summed E-state index contributed by atoms with van der Waals surface area (Å²) >= 11 is 1.65. The van der Waals surface area contributed by atoms with Gasteiger partial charge in [-0.15, -0.1) is 11.8 Å². The number of rotatable bonds is 1. The second kappa shape index (κ2) is 2.07. The summed E-state index contributed by atoms with van der Waals surface area (Å²) < 4.78 is 4.66. The molecule has 7 heavy (non-hydrogen) atoms. The van der Waals surface area contributed by atoms with Crippen molar-refractivity contribution in [3.05, 3.63) is 18.6 Å². The summed E-state index contributed by atoms with van der Waals surface area (Å²) in [5.41, 5.74) is 0. The van der Waals surface area contributed by atoms with Crippen molar-refractivity contribution in [3.63, 3.8) is 0 Å². The van der Waals surface area contributed by atoms with Crippen LogP contribution in [0.3, 0.4) is 0 Å². The van der Waals surface area contributed by atoms with Gasteiger partial charge in [-0.3, -0.25) is 0 Å². The van der Waals surface area contributed by atoms with Gasteiger partial charge in [-0.1, -0.05) is 0 Å². The van der Waals surface area contributed by atoms with Crippen molar-refractivity contribution in [2.75, 3.05) is 6.26 Å².